The third-order valence-electron chi connectivity index (χ3n) is 2.41. The smallest absolute Gasteiger partial charge is 0.340 e. The summed E-state index contributed by atoms with van der Waals surface area (Å²) in [4.78, 5) is 6.62. The predicted octanol–water partition coefficient (Wildman–Crippen LogP) is 2.40. The van der Waals surface area contributed by atoms with E-state index in [1.807, 2.05) is 11.5 Å². The van der Waals surface area contributed by atoms with E-state index in [-0.39, 0.29) is 11.6 Å². The van der Waals surface area contributed by atoms with Crippen LogP contribution in [0.4, 0.5) is 30.5 Å². The SMILES string of the molecule is N#Cc1ccc(Nc2cc(NN)nc(C(F)(F)F)n2)cc1. The first kappa shape index (κ1) is 14.5. The van der Waals surface area contributed by atoms with Gasteiger partial charge in [0.05, 0.1) is 11.6 Å². The number of benzene rings is 1. The largest absolute Gasteiger partial charge is 0.451 e. The van der Waals surface area contributed by atoms with E-state index in [1.54, 1.807) is 12.1 Å². The number of hydrogen-bond donors (Lipinski definition) is 3. The number of nitrogens with one attached hydrogen (secondary N) is 2. The van der Waals surface area contributed by atoms with E-state index in [0.717, 1.165) is 0 Å². The standard InChI is InChI=1S/C12H9F3N6/c13-12(14,15)11-19-9(5-10(20-11)21-17)18-8-3-1-7(6-16)2-4-8/h1-5H,17H2,(H2,18,19,20,21). The Bertz CT molecular complexity index is 675. The summed E-state index contributed by atoms with van der Waals surface area (Å²) in [6.07, 6.45) is -4.69. The summed E-state index contributed by atoms with van der Waals surface area (Å²) in [6.45, 7) is 0. The second-order valence-corrected chi connectivity index (χ2v) is 3.92. The van der Waals surface area contributed by atoms with Gasteiger partial charge in [0.25, 0.3) is 0 Å². The zero-order chi connectivity index (χ0) is 15.5. The Morgan fingerprint density at radius 2 is 1.71 bits per heavy atom. The van der Waals surface area contributed by atoms with Crippen molar-refractivity contribution < 1.29 is 13.2 Å². The van der Waals surface area contributed by atoms with Crippen LogP contribution < -0.4 is 16.6 Å². The van der Waals surface area contributed by atoms with Crippen LogP contribution in [0.2, 0.25) is 0 Å². The molecule has 21 heavy (non-hydrogen) atoms. The Morgan fingerprint density at radius 3 is 2.24 bits per heavy atom. The van der Waals surface area contributed by atoms with Gasteiger partial charge in [-0.25, -0.2) is 15.8 Å². The summed E-state index contributed by atoms with van der Waals surface area (Å²) >= 11 is 0. The molecule has 0 radical (unpaired) electrons. The molecule has 0 spiro atoms. The number of nitrogens with zero attached hydrogens (tertiary/aromatic N) is 3. The molecule has 0 fully saturated rings. The van der Waals surface area contributed by atoms with Crippen molar-refractivity contribution in [2.75, 3.05) is 10.7 Å². The minimum absolute atomic E-state index is 0.0741. The van der Waals surface area contributed by atoms with Crippen molar-refractivity contribution in [3.05, 3.63) is 41.7 Å². The van der Waals surface area contributed by atoms with E-state index in [1.165, 1.54) is 18.2 Å². The van der Waals surface area contributed by atoms with Gasteiger partial charge in [-0.1, -0.05) is 0 Å². The number of anilines is 3. The average Bonchev–Trinajstić information content (AvgIpc) is 2.46. The Balaban J connectivity index is 2.32. The monoisotopic (exact) mass is 294 g/mol. The van der Waals surface area contributed by atoms with E-state index in [9.17, 15) is 13.2 Å². The fraction of sp³-hybridized carbons (Fsp3) is 0.0833. The molecule has 2 aromatic rings. The normalized spacial score (nSPS) is 10.8. The summed E-state index contributed by atoms with van der Waals surface area (Å²) in [6, 6.07) is 9.30. The van der Waals surface area contributed by atoms with Crippen molar-refractivity contribution in [2.24, 2.45) is 5.84 Å². The number of hydrogen-bond acceptors (Lipinski definition) is 6. The highest BCUT2D eigenvalue weighted by Gasteiger charge is 2.35. The van der Waals surface area contributed by atoms with E-state index in [4.69, 9.17) is 11.1 Å². The van der Waals surface area contributed by atoms with Crippen LogP contribution in [0.15, 0.2) is 30.3 Å². The molecule has 0 aliphatic heterocycles. The maximum atomic E-state index is 12.7. The maximum Gasteiger partial charge on any atom is 0.451 e. The van der Waals surface area contributed by atoms with Crippen LogP contribution in [0, 0.1) is 11.3 Å². The number of nitrogen functional groups attached to an aromatic ring is 1. The molecular weight excluding hydrogens is 285 g/mol. The highest BCUT2D eigenvalue weighted by Crippen LogP contribution is 2.28. The highest BCUT2D eigenvalue weighted by atomic mass is 19.4. The fourth-order valence-electron chi connectivity index (χ4n) is 1.49. The van der Waals surface area contributed by atoms with E-state index in [0.29, 0.717) is 11.3 Å². The van der Waals surface area contributed by atoms with E-state index < -0.39 is 12.0 Å². The second kappa shape index (κ2) is 5.64. The zero-order valence-electron chi connectivity index (χ0n) is 10.4. The summed E-state index contributed by atoms with van der Waals surface area (Å²) < 4.78 is 38.0. The van der Waals surface area contributed by atoms with Crippen LogP contribution in [0.25, 0.3) is 0 Å². The van der Waals surface area contributed by atoms with Crippen molar-refractivity contribution in [2.45, 2.75) is 6.18 Å². The van der Waals surface area contributed by atoms with Gasteiger partial charge in [0.2, 0.25) is 5.82 Å². The quantitative estimate of drug-likeness (QED) is 0.593. The first-order valence-electron chi connectivity index (χ1n) is 5.62. The molecule has 0 saturated carbocycles. The zero-order valence-corrected chi connectivity index (χ0v) is 10.4. The van der Waals surface area contributed by atoms with Crippen LogP contribution in [-0.2, 0) is 6.18 Å². The molecule has 0 bridgehead atoms. The topological polar surface area (TPSA) is 99.7 Å². The van der Waals surface area contributed by atoms with Gasteiger partial charge in [0.1, 0.15) is 11.6 Å². The van der Waals surface area contributed by atoms with Crippen LogP contribution in [-0.4, -0.2) is 9.97 Å². The lowest BCUT2D eigenvalue weighted by atomic mass is 10.2. The van der Waals surface area contributed by atoms with Crippen molar-refractivity contribution >= 4 is 17.3 Å². The first-order chi connectivity index (χ1) is 9.92. The molecular formula is C12H9F3N6. The molecule has 6 nitrogen and oxygen atoms in total. The average molecular weight is 294 g/mol. The molecule has 1 heterocycles. The lowest BCUT2D eigenvalue weighted by Gasteiger charge is -2.11. The first-order valence-corrected chi connectivity index (χ1v) is 5.62. The Morgan fingerprint density at radius 1 is 1.10 bits per heavy atom. The number of alkyl halides is 3. The van der Waals surface area contributed by atoms with Gasteiger partial charge in [-0.05, 0) is 24.3 Å². The molecule has 0 amide bonds. The number of nitriles is 1. The predicted molar refractivity (Wildman–Crippen MR) is 69.3 cm³/mol. The van der Waals surface area contributed by atoms with Gasteiger partial charge in [-0.15, -0.1) is 0 Å². The molecule has 0 saturated heterocycles. The summed E-state index contributed by atoms with van der Waals surface area (Å²) in [5, 5.41) is 11.4. The Hall–Kier alpha value is -2.86. The molecule has 4 N–H and O–H groups in total. The number of rotatable bonds is 3. The maximum absolute atomic E-state index is 12.7. The number of aromatic nitrogens is 2. The van der Waals surface area contributed by atoms with Crippen LogP contribution in [0.1, 0.15) is 11.4 Å². The molecule has 0 atom stereocenters. The van der Waals surface area contributed by atoms with E-state index >= 15 is 0 Å². The highest BCUT2D eigenvalue weighted by molar-refractivity contribution is 5.60. The van der Waals surface area contributed by atoms with Gasteiger partial charge < -0.3 is 10.7 Å². The van der Waals surface area contributed by atoms with Crippen molar-refractivity contribution in [3.8, 4) is 6.07 Å². The number of hydrazine groups is 1. The minimum Gasteiger partial charge on any atom is -0.340 e. The van der Waals surface area contributed by atoms with Gasteiger partial charge in [0.15, 0.2) is 0 Å². The summed E-state index contributed by atoms with van der Waals surface area (Å²) in [5.41, 5.74) is 2.96. The fourth-order valence-corrected chi connectivity index (χ4v) is 1.49. The van der Waals surface area contributed by atoms with Crippen molar-refractivity contribution in [3.63, 3.8) is 0 Å². The van der Waals surface area contributed by atoms with Crippen LogP contribution in [0.3, 0.4) is 0 Å². The number of halogens is 3. The lowest BCUT2D eigenvalue weighted by Crippen LogP contribution is -2.16. The molecule has 9 heteroatoms. The lowest BCUT2D eigenvalue weighted by molar-refractivity contribution is -0.144. The molecule has 108 valence electrons. The van der Waals surface area contributed by atoms with Gasteiger partial charge in [-0.2, -0.15) is 18.4 Å². The minimum atomic E-state index is -4.69. The van der Waals surface area contributed by atoms with Crippen LogP contribution in [0.5, 0.6) is 0 Å². The third kappa shape index (κ3) is 3.58. The third-order valence-corrected chi connectivity index (χ3v) is 2.41. The molecule has 1 aromatic heterocycles. The van der Waals surface area contributed by atoms with Gasteiger partial charge in [0, 0.05) is 11.8 Å². The van der Waals surface area contributed by atoms with E-state index in [2.05, 4.69) is 15.3 Å². The Kier molecular flexibility index (Phi) is 3.91. The molecule has 2 rings (SSSR count). The van der Waals surface area contributed by atoms with Crippen molar-refractivity contribution in [1.29, 1.82) is 5.26 Å². The second-order valence-electron chi connectivity index (χ2n) is 3.92. The molecule has 0 aliphatic carbocycles. The summed E-state index contributed by atoms with van der Waals surface area (Å²) in [7, 11) is 0. The van der Waals surface area contributed by atoms with Gasteiger partial charge in [-0.3, -0.25) is 0 Å². The number of nitrogens with two attached hydrogens (primary N) is 1. The Labute approximate surface area is 117 Å². The molecule has 1 aromatic carbocycles. The van der Waals surface area contributed by atoms with Gasteiger partial charge >= 0.3 is 6.18 Å². The van der Waals surface area contributed by atoms with Crippen molar-refractivity contribution in [1.82, 2.24) is 9.97 Å². The molecule has 0 unspecified atom stereocenters. The van der Waals surface area contributed by atoms with Crippen LogP contribution >= 0.6 is 0 Å². The summed E-state index contributed by atoms with van der Waals surface area (Å²) in [5.74, 6) is 3.53. The molecule has 0 aliphatic rings.